The Bertz CT molecular complexity index is 895. The summed E-state index contributed by atoms with van der Waals surface area (Å²) in [5, 5.41) is 8.86. The molecule has 0 saturated heterocycles. The minimum absolute atomic E-state index is 0.185. The molecule has 0 N–H and O–H groups in total. The molecular formula is C13H9N2O4S2Se+. The van der Waals surface area contributed by atoms with Gasteiger partial charge in [0.05, 0.1) is 0 Å². The van der Waals surface area contributed by atoms with E-state index >= 15 is 0 Å². The van der Waals surface area contributed by atoms with Gasteiger partial charge in [0, 0.05) is 0 Å². The van der Waals surface area contributed by atoms with Gasteiger partial charge in [0.15, 0.2) is 0 Å². The van der Waals surface area contributed by atoms with Crippen LogP contribution in [0, 0.1) is 16.3 Å². The molecule has 1 aliphatic rings. The van der Waals surface area contributed by atoms with Gasteiger partial charge in [-0.2, -0.15) is 0 Å². The predicted molar refractivity (Wildman–Crippen MR) is 80.8 cm³/mol. The molecular weight excluding hydrogens is 391 g/mol. The normalized spacial score (nSPS) is 14.3. The van der Waals surface area contributed by atoms with E-state index in [0.717, 1.165) is 6.08 Å². The minimum atomic E-state index is -4.35. The van der Waals surface area contributed by atoms with Crippen molar-refractivity contribution in [1.82, 2.24) is 2.73 Å². The number of rotatable bonds is 5. The van der Waals surface area contributed by atoms with E-state index in [-0.39, 0.29) is 12.5 Å². The van der Waals surface area contributed by atoms with E-state index in [9.17, 15) is 16.8 Å². The van der Waals surface area contributed by atoms with Crippen LogP contribution in [0.4, 0.5) is 0 Å². The molecule has 0 aliphatic heterocycles. The molecule has 9 heteroatoms. The van der Waals surface area contributed by atoms with Crippen LogP contribution in [0.15, 0.2) is 64.4 Å². The fourth-order valence-electron chi connectivity index (χ4n) is 1.56. The summed E-state index contributed by atoms with van der Waals surface area (Å²) in [7, 11) is -8.68. The fourth-order valence-corrected chi connectivity index (χ4v) is 7.43. The third kappa shape index (κ3) is 3.18. The van der Waals surface area contributed by atoms with Gasteiger partial charge in [0.2, 0.25) is 0 Å². The van der Waals surface area contributed by atoms with Gasteiger partial charge < -0.3 is 0 Å². The van der Waals surface area contributed by atoms with E-state index in [4.69, 9.17) is 5.26 Å². The van der Waals surface area contributed by atoms with Crippen molar-refractivity contribution in [3.63, 3.8) is 0 Å². The summed E-state index contributed by atoms with van der Waals surface area (Å²) in [4.78, 5) is 1.22. The van der Waals surface area contributed by atoms with Crippen LogP contribution in [-0.2, 0) is 20.0 Å². The molecule has 1 aromatic carbocycles. The Morgan fingerprint density at radius 2 is 1.77 bits per heavy atom. The van der Waals surface area contributed by atoms with Crippen LogP contribution < -0.4 is 0 Å². The second kappa shape index (κ2) is 6.55. The van der Waals surface area contributed by atoms with Gasteiger partial charge in [-0.25, -0.2) is 0 Å². The maximum atomic E-state index is 12.5. The van der Waals surface area contributed by atoms with Crippen LogP contribution in [0.1, 0.15) is 0 Å². The molecule has 0 spiro atoms. The second-order valence-electron chi connectivity index (χ2n) is 3.91. The summed E-state index contributed by atoms with van der Waals surface area (Å²) >= 11 is -1.44. The van der Waals surface area contributed by atoms with Crippen LogP contribution in [0.5, 0.6) is 0 Å². The van der Waals surface area contributed by atoms with Crippen molar-refractivity contribution in [2.24, 2.45) is 0 Å². The van der Waals surface area contributed by atoms with Crippen LogP contribution >= 0.6 is 0 Å². The molecule has 0 bridgehead atoms. The standard InChI is InChI=1S/C13H9N2O4S2Se/c14-11-22-15(20(16,17)12-7-3-1-4-8-12)21(18,19)13-9-5-2-6-10-13/h1-5,7-10H/q+1. The maximum absolute atomic E-state index is 12.5. The second-order valence-corrected chi connectivity index (χ2v) is 10.3. The Labute approximate surface area is 135 Å². The fraction of sp³-hybridized carbons (Fsp3) is 0. The number of sulfonamides is 2. The molecule has 0 atom stereocenters. The Morgan fingerprint density at radius 1 is 1.09 bits per heavy atom. The zero-order valence-corrected chi connectivity index (χ0v) is 14.3. The zero-order valence-electron chi connectivity index (χ0n) is 10.9. The van der Waals surface area contributed by atoms with Crippen LogP contribution in [0.25, 0.3) is 0 Å². The molecule has 6 nitrogen and oxygen atoms in total. The molecule has 0 saturated carbocycles. The summed E-state index contributed by atoms with van der Waals surface area (Å²) in [6.07, 6.45) is 7.92. The van der Waals surface area contributed by atoms with Gasteiger partial charge in [-0.3, -0.25) is 0 Å². The first-order valence-electron chi connectivity index (χ1n) is 5.78. The van der Waals surface area contributed by atoms with Gasteiger partial charge in [0.25, 0.3) is 0 Å². The van der Waals surface area contributed by atoms with Crippen molar-refractivity contribution in [1.29, 1.82) is 5.26 Å². The first kappa shape index (κ1) is 16.6. The molecule has 0 aromatic heterocycles. The number of hydrogen-bond donors (Lipinski definition) is 0. The van der Waals surface area contributed by atoms with Gasteiger partial charge in [-0.05, 0) is 0 Å². The molecule has 0 heterocycles. The number of benzene rings is 1. The third-order valence-electron chi connectivity index (χ3n) is 2.53. The zero-order chi connectivity index (χ0) is 16.2. The molecule has 0 unspecified atom stereocenters. The summed E-state index contributed by atoms with van der Waals surface area (Å²) in [5.41, 5.74) is 0. The van der Waals surface area contributed by atoms with Crippen molar-refractivity contribution in [2.75, 3.05) is 0 Å². The Hall–Kier alpha value is -1.78. The Balaban J connectivity index is 2.57. The monoisotopic (exact) mass is 401 g/mol. The van der Waals surface area contributed by atoms with Crippen LogP contribution in [0.2, 0.25) is 0 Å². The summed E-state index contributed by atoms with van der Waals surface area (Å²) in [6.45, 7) is 0. The topological polar surface area (TPSA) is 95.3 Å². The van der Waals surface area contributed by atoms with Gasteiger partial charge in [-0.1, -0.05) is 0 Å². The van der Waals surface area contributed by atoms with E-state index < -0.39 is 35.2 Å². The third-order valence-corrected chi connectivity index (χ3v) is 9.93. The molecule has 2 rings (SSSR count). The predicted octanol–water partition coefficient (Wildman–Crippen LogP) is 0.920. The molecule has 22 heavy (non-hydrogen) atoms. The van der Waals surface area contributed by atoms with E-state index in [2.05, 4.69) is 6.08 Å². The van der Waals surface area contributed by atoms with E-state index in [1.807, 2.05) is 0 Å². The molecule has 0 fully saturated rings. The average molecular weight is 400 g/mol. The molecule has 0 amide bonds. The Morgan fingerprint density at radius 3 is 2.32 bits per heavy atom. The van der Waals surface area contributed by atoms with E-state index in [1.54, 1.807) is 11.0 Å². The molecule has 0 radical (unpaired) electrons. The van der Waals surface area contributed by atoms with Crippen LogP contribution in [0.3, 0.4) is 0 Å². The average Bonchev–Trinajstić information content (AvgIpc) is 2.54. The van der Waals surface area contributed by atoms with Crippen LogP contribution in [-0.4, -0.2) is 34.7 Å². The Kier molecular flexibility index (Phi) is 4.94. The number of hydrogen-bond acceptors (Lipinski definition) is 5. The van der Waals surface area contributed by atoms with E-state index in [0.29, 0.717) is 0 Å². The number of nitrogens with zero attached hydrogens (tertiary/aromatic N) is 2. The molecule has 1 aromatic rings. The first-order chi connectivity index (χ1) is 10.4. The number of nitriles is 1. The first-order valence-corrected chi connectivity index (χ1v) is 10.3. The summed E-state index contributed by atoms with van der Waals surface area (Å²) in [5.74, 6) is 0. The number of allylic oxidation sites excluding steroid dienone is 5. The van der Waals surface area contributed by atoms with Crippen molar-refractivity contribution < 1.29 is 16.8 Å². The SMILES string of the molecule is N#C[Se]N(S(=O)(=O)C1=CC=C[C+]=C1)S(=O)(=O)c1ccccc1. The van der Waals surface area contributed by atoms with Crippen molar-refractivity contribution in [2.45, 2.75) is 4.90 Å². The quantitative estimate of drug-likeness (QED) is 0.541. The van der Waals surface area contributed by atoms with Crippen molar-refractivity contribution >= 4 is 35.2 Å². The molecule has 112 valence electrons. The summed E-state index contributed by atoms with van der Waals surface area (Å²) in [6, 6.07) is 7.13. The van der Waals surface area contributed by atoms with Crippen molar-refractivity contribution in [3.05, 3.63) is 65.6 Å². The van der Waals surface area contributed by atoms with Gasteiger partial charge in [0.1, 0.15) is 0 Å². The van der Waals surface area contributed by atoms with E-state index in [1.165, 1.54) is 42.5 Å². The van der Waals surface area contributed by atoms with Gasteiger partial charge in [-0.15, -0.1) is 0 Å². The van der Waals surface area contributed by atoms with Crippen molar-refractivity contribution in [3.8, 4) is 4.97 Å². The van der Waals surface area contributed by atoms with Gasteiger partial charge >= 0.3 is 136 Å². The summed E-state index contributed by atoms with van der Waals surface area (Å²) < 4.78 is 50.4. The molecule has 1 aliphatic carbocycles.